The van der Waals surface area contributed by atoms with Gasteiger partial charge >= 0.3 is 0 Å². The summed E-state index contributed by atoms with van der Waals surface area (Å²) in [5.41, 5.74) is 5.79. The van der Waals surface area contributed by atoms with E-state index in [1.807, 2.05) is 41.5 Å². The molecule has 2 heterocycles. The normalized spacial score (nSPS) is 17.5. The maximum Gasteiger partial charge on any atom is 0.253 e. The highest BCUT2D eigenvalue weighted by molar-refractivity contribution is 7.13. The number of rotatable bonds is 3. The summed E-state index contributed by atoms with van der Waals surface area (Å²) in [6, 6.07) is 17.3. The third kappa shape index (κ3) is 3.72. The summed E-state index contributed by atoms with van der Waals surface area (Å²) in [5, 5.41) is 3.02. The van der Waals surface area contributed by atoms with Crippen molar-refractivity contribution in [3.05, 3.63) is 76.3 Å². The average Bonchev–Trinajstić information content (AvgIpc) is 3.40. The molecule has 0 N–H and O–H groups in total. The van der Waals surface area contributed by atoms with E-state index in [4.69, 9.17) is 0 Å². The Morgan fingerprint density at radius 2 is 1.72 bits per heavy atom. The third-order valence-corrected chi connectivity index (χ3v) is 7.13. The van der Waals surface area contributed by atoms with E-state index in [9.17, 15) is 4.79 Å². The molecule has 1 saturated heterocycles. The molecule has 2 aliphatic rings. The summed E-state index contributed by atoms with van der Waals surface area (Å²) in [6.07, 6.45) is 2.28. The second-order valence-corrected chi connectivity index (χ2v) is 8.89. The number of carbonyl (C=O) groups is 1. The molecule has 0 bridgehead atoms. The maximum absolute atomic E-state index is 13.1. The highest BCUT2D eigenvalue weighted by atomic mass is 32.1. The van der Waals surface area contributed by atoms with Gasteiger partial charge in [-0.25, -0.2) is 4.98 Å². The van der Waals surface area contributed by atoms with E-state index < -0.39 is 0 Å². The molecule has 1 aromatic heterocycles. The average molecular weight is 404 g/mol. The Kier molecular flexibility index (Phi) is 4.94. The molecular weight excluding hydrogens is 378 g/mol. The minimum Gasteiger partial charge on any atom is -0.336 e. The van der Waals surface area contributed by atoms with E-state index in [1.165, 1.54) is 11.1 Å². The minimum absolute atomic E-state index is 0.134. The topological polar surface area (TPSA) is 36.4 Å². The monoisotopic (exact) mass is 403 g/mol. The highest BCUT2D eigenvalue weighted by Gasteiger charge is 2.30. The van der Waals surface area contributed by atoms with Gasteiger partial charge in [-0.2, -0.15) is 0 Å². The molecule has 0 atom stereocenters. The Labute approximate surface area is 175 Å². The number of fused-ring (bicyclic) bond motifs is 1. The molecule has 0 saturated carbocycles. The van der Waals surface area contributed by atoms with Crippen molar-refractivity contribution in [2.24, 2.45) is 0 Å². The summed E-state index contributed by atoms with van der Waals surface area (Å²) in [6.45, 7) is 5.50. The van der Waals surface area contributed by atoms with Crippen molar-refractivity contribution < 1.29 is 4.79 Å². The molecular formula is C24H25N3OS. The van der Waals surface area contributed by atoms with Gasteiger partial charge in [-0.3, -0.25) is 9.69 Å². The smallest absolute Gasteiger partial charge is 0.253 e. The lowest BCUT2D eigenvalue weighted by Gasteiger charge is -2.38. The molecule has 4 nitrogen and oxygen atoms in total. The first-order valence-corrected chi connectivity index (χ1v) is 11.2. The predicted octanol–water partition coefficient (Wildman–Crippen LogP) is 4.04. The molecule has 1 aliphatic carbocycles. The number of amides is 1. The summed E-state index contributed by atoms with van der Waals surface area (Å²) in [4.78, 5) is 22.2. The van der Waals surface area contributed by atoms with Crippen LogP contribution < -0.4 is 0 Å². The number of piperazine rings is 1. The van der Waals surface area contributed by atoms with Crippen LogP contribution in [0, 0.1) is 6.92 Å². The van der Waals surface area contributed by atoms with Gasteiger partial charge in [-0.15, -0.1) is 11.3 Å². The first kappa shape index (κ1) is 18.5. The van der Waals surface area contributed by atoms with Crippen LogP contribution in [0.3, 0.4) is 0 Å². The Morgan fingerprint density at radius 3 is 2.38 bits per heavy atom. The Balaban J connectivity index is 1.23. The number of thiazole rings is 1. The minimum atomic E-state index is 0.134. The van der Waals surface area contributed by atoms with Gasteiger partial charge in [-0.1, -0.05) is 36.4 Å². The van der Waals surface area contributed by atoms with E-state index in [2.05, 4.69) is 34.1 Å². The summed E-state index contributed by atoms with van der Waals surface area (Å²) >= 11 is 1.63. The van der Waals surface area contributed by atoms with E-state index in [1.54, 1.807) is 11.3 Å². The van der Waals surface area contributed by atoms with Crippen molar-refractivity contribution in [3.63, 3.8) is 0 Å². The Bertz CT molecular complexity index is 1010. The largest absolute Gasteiger partial charge is 0.336 e. The van der Waals surface area contributed by atoms with Crippen molar-refractivity contribution >= 4 is 17.2 Å². The zero-order valence-electron chi connectivity index (χ0n) is 16.7. The highest BCUT2D eigenvalue weighted by Crippen LogP contribution is 2.27. The SMILES string of the molecule is Cc1csc(-c2cccc(C(=O)N3CCN(C4Cc5ccccc5C4)CC3)c2)n1. The van der Waals surface area contributed by atoms with Crippen molar-refractivity contribution in [1.29, 1.82) is 0 Å². The van der Waals surface area contributed by atoms with Crippen LogP contribution >= 0.6 is 11.3 Å². The number of nitrogens with zero attached hydrogens (tertiary/aromatic N) is 3. The zero-order valence-corrected chi connectivity index (χ0v) is 17.5. The van der Waals surface area contributed by atoms with Crippen molar-refractivity contribution in [2.45, 2.75) is 25.8 Å². The Morgan fingerprint density at radius 1 is 1.00 bits per heavy atom. The zero-order chi connectivity index (χ0) is 19.8. The van der Waals surface area contributed by atoms with Crippen LogP contribution in [0.5, 0.6) is 0 Å². The molecule has 0 radical (unpaired) electrons. The van der Waals surface area contributed by atoms with Gasteiger partial charge in [0.15, 0.2) is 0 Å². The number of aryl methyl sites for hydroxylation is 1. The lowest BCUT2D eigenvalue weighted by Crippen LogP contribution is -2.52. The second-order valence-electron chi connectivity index (χ2n) is 8.03. The first-order chi connectivity index (χ1) is 14.2. The standard InChI is InChI=1S/C24H25N3OS/c1-17-16-29-23(25-17)20-7-4-8-21(13-20)24(28)27-11-9-26(10-12-27)22-14-18-5-2-3-6-19(18)15-22/h2-8,13,16,22H,9-12,14-15H2,1H3. The van der Waals surface area contributed by atoms with Crippen LogP contribution in [0.4, 0.5) is 0 Å². The molecule has 2 aromatic carbocycles. The van der Waals surface area contributed by atoms with Gasteiger partial charge < -0.3 is 4.90 Å². The van der Waals surface area contributed by atoms with Gasteiger partial charge in [0.2, 0.25) is 0 Å². The summed E-state index contributed by atoms with van der Waals surface area (Å²) in [5.74, 6) is 0.134. The van der Waals surface area contributed by atoms with Crippen LogP contribution in [-0.2, 0) is 12.8 Å². The fraction of sp³-hybridized carbons (Fsp3) is 0.333. The number of benzene rings is 2. The van der Waals surface area contributed by atoms with E-state index in [0.717, 1.165) is 60.8 Å². The second kappa shape index (κ2) is 7.73. The molecule has 1 aliphatic heterocycles. The molecule has 0 spiro atoms. The fourth-order valence-electron chi connectivity index (χ4n) is 4.54. The summed E-state index contributed by atoms with van der Waals surface area (Å²) < 4.78 is 0. The third-order valence-electron chi connectivity index (χ3n) is 6.12. The molecule has 1 amide bonds. The summed E-state index contributed by atoms with van der Waals surface area (Å²) in [7, 11) is 0. The van der Waals surface area contributed by atoms with E-state index in [0.29, 0.717) is 6.04 Å². The molecule has 5 heteroatoms. The van der Waals surface area contributed by atoms with Crippen LogP contribution in [0.2, 0.25) is 0 Å². The number of hydrogen-bond acceptors (Lipinski definition) is 4. The van der Waals surface area contributed by atoms with Crippen molar-refractivity contribution in [2.75, 3.05) is 26.2 Å². The van der Waals surface area contributed by atoms with Gasteiger partial charge in [0, 0.05) is 54.4 Å². The first-order valence-electron chi connectivity index (χ1n) is 10.3. The van der Waals surface area contributed by atoms with Crippen LogP contribution in [0.25, 0.3) is 10.6 Å². The van der Waals surface area contributed by atoms with Gasteiger partial charge in [0.25, 0.3) is 5.91 Å². The van der Waals surface area contributed by atoms with Crippen LogP contribution in [0.15, 0.2) is 53.9 Å². The van der Waals surface area contributed by atoms with Crippen LogP contribution in [0.1, 0.15) is 27.2 Å². The van der Waals surface area contributed by atoms with E-state index >= 15 is 0 Å². The van der Waals surface area contributed by atoms with Crippen molar-refractivity contribution in [1.82, 2.24) is 14.8 Å². The number of hydrogen-bond donors (Lipinski definition) is 0. The molecule has 148 valence electrons. The molecule has 29 heavy (non-hydrogen) atoms. The number of aromatic nitrogens is 1. The molecule has 1 fully saturated rings. The number of carbonyl (C=O) groups excluding carboxylic acids is 1. The van der Waals surface area contributed by atoms with Gasteiger partial charge in [0.1, 0.15) is 5.01 Å². The predicted molar refractivity (Wildman–Crippen MR) is 117 cm³/mol. The quantitative estimate of drug-likeness (QED) is 0.662. The van der Waals surface area contributed by atoms with Crippen molar-refractivity contribution in [3.8, 4) is 10.6 Å². The maximum atomic E-state index is 13.1. The molecule has 3 aromatic rings. The van der Waals surface area contributed by atoms with Gasteiger partial charge in [0.05, 0.1) is 0 Å². The lowest BCUT2D eigenvalue weighted by molar-refractivity contribution is 0.0576. The molecule has 0 unspecified atom stereocenters. The Hall–Kier alpha value is -2.50. The van der Waals surface area contributed by atoms with Crippen LogP contribution in [-0.4, -0.2) is 52.9 Å². The lowest BCUT2D eigenvalue weighted by atomic mass is 10.1. The molecule has 5 rings (SSSR count). The van der Waals surface area contributed by atoms with E-state index in [-0.39, 0.29) is 5.91 Å². The fourth-order valence-corrected chi connectivity index (χ4v) is 5.33. The van der Waals surface area contributed by atoms with Gasteiger partial charge in [-0.05, 0) is 43.0 Å².